The van der Waals surface area contributed by atoms with Crippen molar-refractivity contribution >= 4 is 17.0 Å². The van der Waals surface area contributed by atoms with Crippen LogP contribution in [-0.4, -0.2) is 42.4 Å². The number of hydrogen-bond acceptors (Lipinski definition) is 6. The molecule has 4 rings (SSSR count). The molecule has 0 amide bonds. The molecule has 136 valence electrons. The SMILES string of the molecule is Cc1cncn(CC2CCN(c3nc4c(cnn4C)c(=O)[nH]3)CC2)c1=O. The average molecular weight is 355 g/mol. The molecular formula is C17H21N7O2. The van der Waals surface area contributed by atoms with Crippen LogP contribution in [0.15, 0.2) is 28.3 Å². The Morgan fingerprint density at radius 3 is 2.77 bits per heavy atom. The summed E-state index contributed by atoms with van der Waals surface area (Å²) in [6.07, 6.45) is 6.58. The molecule has 0 aromatic carbocycles. The summed E-state index contributed by atoms with van der Waals surface area (Å²) in [5, 5.41) is 4.59. The number of anilines is 1. The lowest BCUT2D eigenvalue weighted by atomic mass is 9.97. The Kier molecular flexibility index (Phi) is 4.06. The van der Waals surface area contributed by atoms with Crippen molar-refractivity contribution in [3.8, 4) is 0 Å². The van der Waals surface area contributed by atoms with Gasteiger partial charge in [0, 0.05) is 38.4 Å². The van der Waals surface area contributed by atoms with Crippen molar-refractivity contribution in [2.75, 3.05) is 18.0 Å². The zero-order valence-electron chi connectivity index (χ0n) is 14.8. The predicted octanol–water partition coefficient (Wildman–Crippen LogP) is 0.438. The zero-order valence-corrected chi connectivity index (χ0v) is 14.8. The van der Waals surface area contributed by atoms with E-state index in [2.05, 4.69) is 25.0 Å². The Balaban J connectivity index is 1.48. The summed E-state index contributed by atoms with van der Waals surface area (Å²) in [6.45, 7) is 4.02. The molecule has 0 saturated carbocycles. The van der Waals surface area contributed by atoms with Gasteiger partial charge in [-0.05, 0) is 25.7 Å². The molecule has 1 aliphatic rings. The molecule has 0 spiro atoms. The summed E-state index contributed by atoms with van der Waals surface area (Å²) in [5.74, 6) is 0.985. The van der Waals surface area contributed by atoms with Gasteiger partial charge in [0.15, 0.2) is 5.65 Å². The lowest BCUT2D eigenvalue weighted by Crippen LogP contribution is -2.38. The number of nitrogens with one attached hydrogen (secondary N) is 1. The van der Waals surface area contributed by atoms with Gasteiger partial charge >= 0.3 is 0 Å². The first-order chi connectivity index (χ1) is 12.5. The maximum Gasteiger partial charge on any atom is 0.263 e. The van der Waals surface area contributed by atoms with Gasteiger partial charge in [-0.2, -0.15) is 10.1 Å². The van der Waals surface area contributed by atoms with E-state index in [1.807, 2.05) is 0 Å². The summed E-state index contributed by atoms with van der Waals surface area (Å²) in [5.41, 5.74) is 1.10. The third kappa shape index (κ3) is 2.89. The predicted molar refractivity (Wildman–Crippen MR) is 97.3 cm³/mol. The lowest BCUT2D eigenvalue weighted by molar-refractivity contribution is 0.348. The summed E-state index contributed by atoms with van der Waals surface area (Å²) in [6, 6.07) is 0. The minimum Gasteiger partial charge on any atom is -0.342 e. The molecular weight excluding hydrogens is 334 g/mol. The Hall–Kier alpha value is -2.97. The topological polar surface area (TPSA) is 102 Å². The van der Waals surface area contributed by atoms with Crippen LogP contribution in [0.3, 0.4) is 0 Å². The second-order valence-corrected chi connectivity index (χ2v) is 6.86. The van der Waals surface area contributed by atoms with Gasteiger partial charge in [-0.25, -0.2) is 4.98 Å². The molecule has 1 fully saturated rings. The van der Waals surface area contributed by atoms with Crippen molar-refractivity contribution in [3.05, 3.63) is 45.0 Å². The summed E-state index contributed by atoms with van der Waals surface area (Å²) < 4.78 is 3.30. The number of aryl methyl sites for hydroxylation is 2. The van der Waals surface area contributed by atoms with E-state index in [0.717, 1.165) is 25.9 Å². The van der Waals surface area contributed by atoms with Crippen LogP contribution in [0.2, 0.25) is 0 Å². The number of rotatable bonds is 3. The Bertz CT molecular complexity index is 1060. The van der Waals surface area contributed by atoms with E-state index < -0.39 is 0 Å². The fraction of sp³-hybridized carbons (Fsp3) is 0.471. The molecule has 0 atom stereocenters. The number of aromatic amines is 1. The fourth-order valence-electron chi connectivity index (χ4n) is 3.47. The van der Waals surface area contributed by atoms with Crippen molar-refractivity contribution in [1.82, 2.24) is 29.3 Å². The van der Waals surface area contributed by atoms with E-state index in [9.17, 15) is 9.59 Å². The highest BCUT2D eigenvalue weighted by Crippen LogP contribution is 2.22. The fourth-order valence-corrected chi connectivity index (χ4v) is 3.47. The Labute approximate surface area is 149 Å². The molecule has 0 bridgehead atoms. The van der Waals surface area contributed by atoms with Crippen LogP contribution in [0.1, 0.15) is 18.4 Å². The molecule has 26 heavy (non-hydrogen) atoms. The van der Waals surface area contributed by atoms with Crippen LogP contribution in [0, 0.1) is 12.8 Å². The van der Waals surface area contributed by atoms with Gasteiger partial charge in [-0.3, -0.25) is 23.8 Å². The number of hydrogen-bond donors (Lipinski definition) is 1. The molecule has 3 aromatic rings. The van der Waals surface area contributed by atoms with Crippen molar-refractivity contribution in [3.63, 3.8) is 0 Å². The monoisotopic (exact) mass is 355 g/mol. The average Bonchev–Trinajstić information content (AvgIpc) is 3.01. The molecule has 9 heteroatoms. The number of fused-ring (bicyclic) bond motifs is 1. The largest absolute Gasteiger partial charge is 0.342 e. The molecule has 1 saturated heterocycles. The van der Waals surface area contributed by atoms with Crippen LogP contribution in [0.5, 0.6) is 0 Å². The molecule has 3 aromatic heterocycles. The van der Waals surface area contributed by atoms with Crippen molar-refractivity contribution in [1.29, 1.82) is 0 Å². The Morgan fingerprint density at radius 1 is 1.23 bits per heavy atom. The first-order valence-corrected chi connectivity index (χ1v) is 8.71. The van der Waals surface area contributed by atoms with Gasteiger partial charge in [0.1, 0.15) is 5.39 Å². The quantitative estimate of drug-likeness (QED) is 0.731. The molecule has 0 radical (unpaired) electrons. The van der Waals surface area contributed by atoms with Crippen LogP contribution in [-0.2, 0) is 13.6 Å². The van der Waals surface area contributed by atoms with Gasteiger partial charge < -0.3 is 4.90 Å². The van der Waals surface area contributed by atoms with E-state index >= 15 is 0 Å². The maximum atomic E-state index is 12.2. The highest BCUT2D eigenvalue weighted by molar-refractivity contribution is 5.74. The highest BCUT2D eigenvalue weighted by Gasteiger charge is 2.22. The number of piperidine rings is 1. The van der Waals surface area contributed by atoms with Crippen molar-refractivity contribution < 1.29 is 0 Å². The van der Waals surface area contributed by atoms with Gasteiger partial charge in [-0.15, -0.1) is 0 Å². The van der Waals surface area contributed by atoms with Crippen LogP contribution in [0.25, 0.3) is 11.0 Å². The third-order valence-corrected chi connectivity index (χ3v) is 5.03. The number of H-pyrrole nitrogens is 1. The summed E-state index contributed by atoms with van der Waals surface area (Å²) >= 11 is 0. The van der Waals surface area contributed by atoms with E-state index in [4.69, 9.17) is 0 Å². The molecule has 1 N–H and O–H groups in total. The van der Waals surface area contributed by atoms with E-state index in [1.54, 1.807) is 35.7 Å². The minimum atomic E-state index is -0.169. The first kappa shape index (κ1) is 16.5. The van der Waals surface area contributed by atoms with Crippen molar-refractivity contribution in [2.24, 2.45) is 13.0 Å². The molecule has 1 aliphatic heterocycles. The van der Waals surface area contributed by atoms with Gasteiger partial charge in [0.25, 0.3) is 11.1 Å². The van der Waals surface area contributed by atoms with Crippen LogP contribution in [0.4, 0.5) is 5.95 Å². The van der Waals surface area contributed by atoms with Gasteiger partial charge in [0.05, 0.1) is 12.5 Å². The van der Waals surface area contributed by atoms with Gasteiger partial charge in [0.2, 0.25) is 5.95 Å². The Morgan fingerprint density at radius 2 is 2.00 bits per heavy atom. The van der Waals surface area contributed by atoms with E-state index in [1.165, 1.54) is 6.20 Å². The van der Waals surface area contributed by atoms with E-state index in [-0.39, 0.29) is 11.1 Å². The normalized spacial score (nSPS) is 15.7. The summed E-state index contributed by atoms with van der Waals surface area (Å²) in [4.78, 5) is 38.0. The third-order valence-electron chi connectivity index (χ3n) is 5.03. The van der Waals surface area contributed by atoms with Crippen molar-refractivity contribution in [2.45, 2.75) is 26.3 Å². The highest BCUT2D eigenvalue weighted by atomic mass is 16.1. The smallest absolute Gasteiger partial charge is 0.263 e. The number of aromatic nitrogens is 6. The minimum absolute atomic E-state index is 0.0232. The second-order valence-electron chi connectivity index (χ2n) is 6.86. The molecule has 0 unspecified atom stereocenters. The maximum absolute atomic E-state index is 12.2. The second kappa shape index (κ2) is 6.40. The first-order valence-electron chi connectivity index (χ1n) is 8.71. The summed E-state index contributed by atoms with van der Waals surface area (Å²) in [7, 11) is 1.78. The number of nitrogens with zero attached hydrogens (tertiary/aromatic N) is 6. The zero-order chi connectivity index (χ0) is 18.3. The standard InChI is InChI=1S/C17H21N7O2/c1-11-7-18-10-24(16(11)26)9-12-3-5-23(6-4-12)17-20-14-13(15(25)21-17)8-19-22(14)2/h7-8,10,12H,3-6,9H2,1-2H3,(H,20,21,25). The van der Waals surface area contributed by atoms with E-state index in [0.29, 0.717) is 35.0 Å². The molecule has 9 nitrogen and oxygen atoms in total. The molecule has 0 aliphatic carbocycles. The van der Waals surface area contributed by atoms with Gasteiger partial charge in [-0.1, -0.05) is 0 Å². The molecule has 4 heterocycles. The lowest BCUT2D eigenvalue weighted by Gasteiger charge is -2.32. The van der Waals surface area contributed by atoms with Crippen LogP contribution < -0.4 is 16.0 Å². The van der Waals surface area contributed by atoms with Crippen LogP contribution >= 0.6 is 0 Å².